The summed E-state index contributed by atoms with van der Waals surface area (Å²) >= 11 is 0. The number of carbonyl (C=O) groups is 1. The SMILES string of the molecule is CNCCCC[C@H](Nc1nc(N)nc(C)c1C#N)C(=O)Nc1cccc(C(F)(F)F)c1. The number of alkyl halides is 3. The Kier molecular flexibility index (Phi) is 8.15. The number of hydrogen-bond donors (Lipinski definition) is 4. The monoisotopic (exact) mass is 435 g/mol. The van der Waals surface area contributed by atoms with Gasteiger partial charge in [-0.1, -0.05) is 6.07 Å². The van der Waals surface area contributed by atoms with Crippen LogP contribution in [0, 0.1) is 18.3 Å². The maximum Gasteiger partial charge on any atom is 0.416 e. The van der Waals surface area contributed by atoms with E-state index in [2.05, 4.69) is 25.9 Å². The number of halogens is 3. The van der Waals surface area contributed by atoms with E-state index in [-0.39, 0.29) is 23.0 Å². The molecule has 8 nitrogen and oxygen atoms in total. The molecule has 0 radical (unpaired) electrons. The number of nitrogens with zero attached hydrogens (tertiary/aromatic N) is 3. The van der Waals surface area contributed by atoms with Crippen LogP contribution in [0.25, 0.3) is 0 Å². The molecule has 31 heavy (non-hydrogen) atoms. The molecule has 0 spiro atoms. The van der Waals surface area contributed by atoms with E-state index in [0.29, 0.717) is 18.5 Å². The summed E-state index contributed by atoms with van der Waals surface area (Å²) < 4.78 is 38.9. The molecule has 0 aliphatic rings. The van der Waals surface area contributed by atoms with Crippen LogP contribution < -0.4 is 21.7 Å². The van der Waals surface area contributed by atoms with Crippen molar-refractivity contribution in [3.05, 3.63) is 41.1 Å². The van der Waals surface area contributed by atoms with E-state index in [4.69, 9.17) is 5.73 Å². The maximum atomic E-state index is 13.0. The molecule has 1 atom stereocenters. The van der Waals surface area contributed by atoms with Gasteiger partial charge in [-0.15, -0.1) is 0 Å². The highest BCUT2D eigenvalue weighted by Crippen LogP contribution is 2.30. The largest absolute Gasteiger partial charge is 0.416 e. The van der Waals surface area contributed by atoms with Gasteiger partial charge in [0.2, 0.25) is 11.9 Å². The van der Waals surface area contributed by atoms with Gasteiger partial charge in [-0.05, 0) is 58.0 Å². The number of nitrogens with two attached hydrogens (primary N) is 1. The van der Waals surface area contributed by atoms with Gasteiger partial charge in [0.05, 0.1) is 11.3 Å². The Morgan fingerprint density at radius 3 is 2.68 bits per heavy atom. The number of amides is 1. The van der Waals surface area contributed by atoms with Crippen molar-refractivity contribution in [3.8, 4) is 6.07 Å². The second-order valence-electron chi connectivity index (χ2n) is 6.87. The summed E-state index contributed by atoms with van der Waals surface area (Å²) in [5, 5.41) is 17.8. The molecule has 2 rings (SSSR count). The smallest absolute Gasteiger partial charge is 0.368 e. The molecule has 1 heterocycles. The lowest BCUT2D eigenvalue weighted by Gasteiger charge is -2.20. The van der Waals surface area contributed by atoms with Crippen LogP contribution in [0.1, 0.15) is 36.1 Å². The van der Waals surface area contributed by atoms with E-state index in [0.717, 1.165) is 25.1 Å². The predicted molar refractivity (Wildman–Crippen MR) is 111 cm³/mol. The third-order valence-corrected chi connectivity index (χ3v) is 4.47. The summed E-state index contributed by atoms with van der Waals surface area (Å²) in [5.74, 6) is -0.515. The molecule has 11 heteroatoms. The van der Waals surface area contributed by atoms with Crippen molar-refractivity contribution in [2.24, 2.45) is 0 Å². The third-order valence-electron chi connectivity index (χ3n) is 4.47. The number of aryl methyl sites for hydroxylation is 1. The lowest BCUT2D eigenvalue weighted by molar-refractivity contribution is -0.137. The molecule has 1 amide bonds. The molecule has 0 saturated heterocycles. The number of unbranched alkanes of at least 4 members (excludes halogenated alkanes) is 1. The summed E-state index contributed by atoms with van der Waals surface area (Å²) in [7, 11) is 1.81. The van der Waals surface area contributed by atoms with E-state index in [1.54, 1.807) is 6.92 Å². The first-order valence-corrected chi connectivity index (χ1v) is 9.59. The average molecular weight is 435 g/mol. The molecular formula is C20H24F3N7O. The highest BCUT2D eigenvalue weighted by Gasteiger charge is 2.31. The molecule has 0 fully saturated rings. The van der Waals surface area contributed by atoms with Crippen LogP contribution >= 0.6 is 0 Å². The van der Waals surface area contributed by atoms with Gasteiger partial charge in [0.25, 0.3) is 0 Å². The number of nitriles is 1. The van der Waals surface area contributed by atoms with Gasteiger partial charge < -0.3 is 21.7 Å². The standard InChI is InChI=1S/C20H24F3N7O/c1-12-15(11-24)17(30-19(25)27-12)29-16(8-3-4-9-26-2)18(31)28-14-7-5-6-13(10-14)20(21,22)23/h5-7,10,16,26H,3-4,8-9H2,1-2H3,(H,28,31)(H3,25,27,29,30)/t16-/m0/s1. The van der Waals surface area contributed by atoms with Gasteiger partial charge in [0.1, 0.15) is 17.7 Å². The highest BCUT2D eigenvalue weighted by atomic mass is 19.4. The Hall–Kier alpha value is -3.39. The summed E-state index contributed by atoms with van der Waals surface area (Å²) in [6, 6.07) is 5.50. The summed E-state index contributed by atoms with van der Waals surface area (Å²) in [6.45, 7) is 2.33. The van der Waals surface area contributed by atoms with Crippen molar-refractivity contribution in [2.45, 2.75) is 38.4 Å². The Balaban J connectivity index is 2.26. The molecule has 1 aromatic heterocycles. The molecule has 0 aliphatic heterocycles. The minimum Gasteiger partial charge on any atom is -0.368 e. The lowest BCUT2D eigenvalue weighted by Crippen LogP contribution is -2.35. The van der Waals surface area contributed by atoms with Crippen molar-refractivity contribution in [1.29, 1.82) is 5.26 Å². The van der Waals surface area contributed by atoms with Crippen LogP contribution in [0.3, 0.4) is 0 Å². The van der Waals surface area contributed by atoms with Gasteiger partial charge >= 0.3 is 6.18 Å². The fraction of sp³-hybridized carbons (Fsp3) is 0.400. The minimum absolute atomic E-state index is 0.0146. The van der Waals surface area contributed by atoms with Gasteiger partial charge in [-0.2, -0.15) is 23.4 Å². The second kappa shape index (κ2) is 10.6. The van der Waals surface area contributed by atoms with E-state index in [1.807, 2.05) is 13.1 Å². The van der Waals surface area contributed by atoms with Gasteiger partial charge in [0.15, 0.2) is 5.82 Å². The van der Waals surface area contributed by atoms with Crippen molar-refractivity contribution in [3.63, 3.8) is 0 Å². The predicted octanol–water partition coefficient (Wildman–Crippen LogP) is 3.07. The zero-order chi connectivity index (χ0) is 23.0. The molecule has 5 N–H and O–H groups in total. The molecule has 0 unspecified atom stereocenters. The number of rotatable bonds is 9. The van der Waals surface area contributed by atoms with Gasteiger partial charge in [-0.25, -0.2) is 4.98 Å². The Morgan fingerprint density at radius 2 is 2.03 bits per heavy atom. The summed E-state index contributed by atoms with van der Waals surface area (Å²) in [4.78, 5) is 20.8. The molecule has 0 aliphatic carbocycles. The van der Waals surface area contributed by atoms with Crippen LogP contribution in [0.2, 0.25) is 0 Å². The van der Waals surface area contributed by atoms with Crippen LogP contribution in [-0.4, -0.2) is 35.5 Å². The molecule has 2 aromatic rings. The van der Waals surface area contributed by atoms with Crippen molar-refractivity contribution in [1.82, 2.24) is 15.3 Å². The van der Waals surface area contributed by atoms with E-state index >= 15 is 0 Å². The Labute approximate surface area is 178 Å². The molecule has 0 saturated carbocycles. The molecule has 166 valence electrons. The first kappa shape index (κ1) is 23.9. The number of anilines is 3. The first-order chi connectivity index (χ1) is 14.7. The van der Waals surface area contributed by atoms with E-state index < -0.39 is 23.7 Å². The number of nitrogen functional groups attached to an aromatic ring is 1. The Morgan fingerprint density at radius 1 is 1.29 bits per heavy atom. The quantitative estimate of drug-likeness (QED) is 0.446. The number of carbonyl (C=O) groups excluding carboxylic acids is 1. The number of benzene rings is 1. The summed E-state index contributed by atoms with van der Waals surface area (Å²) in [5.41, 5.74) is 5.31. The molecule has 0 bridgehead atoms. The van der Waals surface area contributed by atoms with Crippen molar-refractivity contribution >= 4 is 23.4 Å². The normalized spacial score (nSPS) is 12.1. The van der Waals surface area contributed by atoms with Gasteiger partial charge in [-0.3, -0.25) is 4.79 Å². The maximum absolute atomic E-state index is 13.0. The number of nitrogens with one attached hydrogen (secondary N) is 3. The van der Waals surface area contributed by atoms with Crippen LogP contribution in [0.5, 0.6) is 0 Å². The topological polar surface area (TPSA) is 129 Å². The van der Waals surface area contributed by atoms with Crippen molar-refractivity contribution < 1.29 is 18.0 Å². The summed E-state index contributed by atoms with van der Waals surface area (Å²) in [6.07, 6.45) is -2.74. The Bertz CT molecular complexity index is 957. The zero-order valence-corrected chi connectivity index (χ0v) is 17.2. The van der Waals surface area contributed by atoms with Crippen LogP contribution in [0.4, 0.5) is 30.6 Å². The highest BCUT2D eigenvalue weighted by molar-refractivity contribution is 5.96. The minimum atomic E-state index is -4.52. The second-order valence-corrected chi connectivity index (χ2v) is 6.87. The number of aromatic nitrogens is 2. The fourth-order valence-corrected chi connectivity index (χ4v) is 2.92. The van der Waals surface area contributed by atoms with E-state index in [9.17, 15) is 23.2 Å². The van der Waals surface area contributed by atoms with Crippen molar-refractivity contribution in [2.75, 3.05) is 30.0 Å². The average Bonchev–Trinajstić information content (AvgIpc) is 2.69. The first-order valence-electron chi connectivity index (χ1n) is 9.59. The van der Waals surface area contributed by atoms with Gasteiger partial charge in [0, 0.05) is 5.69 Å². The fourth-order valence-electron chi connectivity index (χ4n) is 2.92. The lowest BCUT2D eigenvalue weighted by atomic mass is 10.1. The molecular weight excluding hydrogens is 411 g/mol. The van der Waals surface area contributed by atoms with Crippen LogP contribution in [0.15, 0.2) is 24.3 Å². The number of hydrogen-bond acceptors (Lipinski definition) is 7. The third kappa shape index (κ3) is 6.82. The van der Waals surface area contributed by atoms with Crippen LogP contribution in [-0.2, 0) is 11.0 Å². The zero-order valence-electron chi connectivity index (χ0n) is 17.2. The van der Waals surface area contributed by atoms with E-state index in [1.165, 1.54) is 12.1 Å². The molecule has 1 aromatic carbocycles.